The van der Waals surface area contributed by atoms with Crippen LogP contribution in [0.3, 0.4) is 0 Å². The van der Waals surface area contributed by atoms with Crippen LogP contribution in [0, 0.1) is 0 Å². The highest BCUT2D eigenvalue weighted by Crippen LogP contribution is 1.91. The highest BCUT2D eigenvalue weighted by atomic mass is 79.9. The van der Waals surface area contributed by atoms with E-state index < -0.39 is 0 Å². The van der Waals surface area contributed by atoms with Crippen LogP contribution in [0.5, 0.6) is 0 Å². The van der Waals surface area contributed by atoms with Gasteiger partial charge in [-0.3, -0.25) is 0 Å². The Morgan fingerprint density at radius 2 is 1.92 bits per heavy atom. The number of hydrogen-bond donors (Lipinski definition) is 0. The highest BCUT2D eigenvalue weighted by molar-refractivity contribution is 9.08. The zero-order valence-corrected chi connectivity index (χ0v) is 10.3. The number of ether oxygens (including phenoxy) is 1. The number of hydrogen-bond acceptors (Lipinski definition) is 3. The topological polar surface area (TPSA) is 29.5 Å². The van der Waals surface area contributed by atoms with E-state index in [1.165, 1.54) is 0 Å². The van der Waals surface area contributed by atoms with Gasteiger partial charge in [0.15, 0.2) is 0 Å². The zero-order chi connectivity index (χ0) is 10.9. The number of halogens is 1. The van der Waals surface area contributed by atoms with E-state index in [0.717, 1.165) is 6.54 Å². The molecule has 0 saturated heterocycles. The lowest BCUT2D eigenvalue weighted by molar-refractivity contribution is -0.139. The minimum atomic E-state index is -0.313. The zero-order valence-electron chi connectivity index (χ0n) is 8.76. The molecule has 0 aliphatic rings. The molecule has 0 radical (unpaired) electrons. The van der Waals surface area contributed by atoms with E-state index in [4.69, 9.17) is 4.74 Å². The number of nitrogens with zero attached hydrogens (tertiary/aromatic N) is 1. The summed E-state index contributed by atoms with van der Waals surface area (Å²) in [6, 6.07) is 0. The van der Waals surface area contributed by atoms with E-state index in [-0.39, 0.29) is 5.97 Å². The summed E-state index contributed by atoms with van der Waals surface area (Å²) in [7, 11) is 3.85. The fourth-order valence-electron chi connectivity index (χ4n) is 0.444. The van der Waals surface area contributed by atoms with Gasteiger partial charge in [-0.2, -0.15) is 0 Å². The Morgan fingerprint density at radius 3 is 2.23 bits per heavy atom. The average Bonchev–Trinajstić information content (AvgIpc) is 2.07. The van der Waals surface area contributed by atoms with Crippen molar-refractivity contribution < 1.29 is 9.53 Å². The maximum absolute atomic E-state index is 10.8. The van der Waals surface area contributed by atoms with Crippen molar-refractivity contribution in [2.24, 2.45) is 0 Å². The first-order valence-corrected chi connectivity index (χ1v) is 5.48. The van der Waals surface area contributed by atoms with Crippen LogP contribution >= 0.6 is 15.9 Å². The van der Waals surface area contributed by atoms with Crippen molar-refractivity contribution in [3.8, 4) is 0 Å². The second-order valence-electron chi connectivity index (χ2n) is 2.72. The summed E-state index contributed by atoms with van der Waals surface area (Å²) in [4.78, 5) is 12.7. The minimum Gasteiger partial charge on any atom is -0.461 e. The van der Waals surface area contributed by atoms with E-state index in [0.29, 0.717) is 12.2 Å². The van der Waals surface area contributed by atoms with Crippen LogP contribution in [0.1, 0.15) is 6.92 Å². The molecule has 4 heteroatoms. The van der Waals surface area contributed by atoms with Gasteiger partial charge < -0.3 is 9.64 Å². The van der Waals surface area contributed by atoms with Gasteiger partial charge in [0.25, 0.3) is 0 Å². The second kappa shape index (κ2) is 9.74. The van der Waals surface area contributed by atoms with Crippen molar-refractivity contribution in [3.63, 3.8) is 0 Å². The molecule has 3 nitrogen and oxygen atoms in total. The molecule has 0 aliphatic heterocycles. The molecule has 0 rings (SSSR count). The Balaban J connectivity index is 0. The molecular formula is C9H18BrNO2. The van der Waals surface area contributed by atoms with Crippen LogP contribution in [-0.2, 0) is 9.53 Å². The van der Waals surface area contributed by atoms with Crippen LogP contribution in [0.15, 0.2) is 12.2 Å². The second-order valence-corrected chi connectivity index (χ2v) is 2.72. The van der Waals surface area contributed by atoms with E-state index in [1.54, 1.807) is 6.92 Å². The number of rotatable bonds is 4. The molecule has 13 heavy (non-hydrogen) atoms. The number of likely N-dealkylation sites (N-methyl/N-ethyl adjacent to an activating group) is 1. The smallest absolute Gasteiger partial charge is 0.333 e. The summed E-state index contributed by atoms with van der Waals surface area (Å²) in [6.45, 7) is 6.28. The van der Waals surface area contributed by atoms with Gasteiger partial charge in [-0.05, 0) is 26.9 Å². The first-order chi connectivity index (χ1) is 6.04. The van der Waals surface area contributed by atoms with Crippen molar-refractivity contribution >= 4 is 21.9 Å². The van der Waals surface area contributed by atoms with Crippen molar-refractivity contribution in [3.05, 3.63) is 12.2 Å². The summed E-state index contributed by atoms with van der Waals surface area (Å²) < 4.78 is 4.83. The fourth-order valence-corrected chi connectivity index (χ4v) is 0.444. The van der Waals surface area contributed by atoms with E-state index in [9.17, 15) is 4.79 Å². The van der Waals surface area contributed by atoms with Gasteiger partial charge >= 0.3 is 5.97 Å². The van der Waals surface area contributed by atoms with Crippen LogP contribution in [0.4, 0.5) is 0 Å². The van der Waals surface area contributed by atoms with E-state index in [1.807, 2.05) is 24.8 Å². The van der Waals surface area contributed by atoms with Gasteiger partial charge in [0, 0.05) is 12.1 Å². The van der Waals surface area contributed by atoms with Crippen LogP contribution in [0.2, 0.25) is 0 Å². The van der Waals surface area contributed by atoms with Crippen LogP contribution in [0.25, 0.3) is 0 Å². The summed E-state index contributed by atoms with van der Waals surface area (Å²) in [5, 5.41) is 0. The molecular weight excluding hydrogens is 234 g/mol. The highest BCUT2D eigenvalue weighted by Gasteiger charge is 2.01. The van der Waals surface area contributed by atoms with Crippen molar-refractivity contribution in [2.75, 3.05) is 33.1 Å². The maximum Gasteiger partial charge on any atom is 0.333 e. The molecule has 0 saturated carbocycles. The number of esters is 1. The molecule has 0 aliphatic carbocycles. The number of alkyl halides is 1. The lowest BCUT2D eigenvalue weighted by Crippen LogP contribution is -2.20. The minimum absolute atomic E-state index is 0.313. The molecule has 0 unspecified atom stereocenters. The molecule has 0 bridgehead atoms. The molecule has 0 N–H and O–H groups in total. The first kappa shape index (κ1) is 15.1. The molecule has 0 spiro atoms. The molecule has 0 aromatic heterocycles. The standard InChI is InChI=1S/C8H15NO2.CH3Br/c1-7(2)8(10)11-6-5-9(3)4;1-2/h1,5-6H2,2-4H3;1H3. The molecule has 0 fully saturated rings. The lowest BCUT2D eigenvalue weighted by Gasteiger charge is -2.09. The van der Waals surface area contributed by atoms with Crippen LogP contribution in [-0.4, -0.2) is 43.9 Å². The Kier molecular flexibility index (Phi) is 11.3. The molecule has 0 aromatic rings. The Hall–Kier alpha value is -0.350. The number of carbonyl (C=O) groups is 1. The van der Waals surface area contributed by atoms with Gasteiger partial charge in [-0.1, -0.05) is 22.5 Å². The lowest BCUT2D eigenvalue weighted by atomic mass is 10.4. The number of carbonyl (C=O) groups excluding carboxylic acids is 1. The SMILES string of the molecule is C=C(C)C(=O)OCCN(C)C.CBr. The molecule has 0 atom stereocenters. The summed E-state index contributed by atoms with van der Waals surface area (Å²) >= 11 is 2.94. The predicted molar refractivity (Wildman–Crippen MR) is 59.2 cm³/mol. The van der Waals surface area contributed by atoms with E-state index in [2.05, 4.69) is 22.5 Å². The third-order valence-electron chi connectivity index (χ3n) is 1.12. The van der Waals surface area contributed by atoms with E-state index >= 15 is 0 Å². The quantitative estimate of drug-likeness (QED) is 0.433. The predicted octanol–water partition coefficient (Wildman–Crippen LogP) is 1.68. The molecule has 0 aromatic carbocycles. The maximum atomic E-state index is 10.8. The fraction of sp³-hybridized carbons (Fsp3) is 0.667. The van der Waals surface area contributed by atoms with Crippen molar-refractivity contribution in [1.29, 1.82) is 0 Å². The third-order valence-corrected chi connectivity index (χ3v) is 1.12. The molecule has 0 amide bonds. The molecule has 78 valence electrons. The normalized spacial score (nSPS) is 8.77. The Labute approximate surface area is 88.9 Å². The monoisotopic (exact) mass is 251 g/mol. The summed E-state index contributed by atoms with van der Waals surface area (Å²) in [5.74, 6) is 1.50. The van der Waals surface area contributed by atoms with Gasteiger partial charge in [0.1, 0.15) is 6.61 Å². The van der Waals surface area contributed by atoms with Crippen molar-refractivity contribution in [1.82, 2.24) is 4.90 Å². The van der Waals surface area contributed by atoms with Gasteiger partial charge in [0.05, 0.1) is 0 Å². The average molecular weight is 252 g/mol. The molecule has 0 heterocycles. The first-order valence-electron chi connectivity index (χ1n) is 3.89. The Bertz CT molecular complexity index is 158. The third kappa shape index (κ3) is 11.7. The summed E-state index contributed by atoms with van der Waals surface area (Å²) in [5.41, 5.74) is 0.448. The Morgan fingerprint density at radius 1 is 1.46 bits per heavy atom. The van der Waals surface area contributed by atoms with Crippen molar-refractivity contribution in [2.45, 2.75) is 6.92 Å². The largest absolute Gasteiger partial charge is 0.461 e. The van der Waals surface area contributed by atoms with Crippen LogP contribution < -0.4 is 0 Å². The summed E-state index contributed by atoms with van der Waals surface area (Å²) in [6.07, 6.45) is 0. The van der Waals surface area contributed by atoms with Gasteiger partial charge in [-0.25, -0.2) is 4.79 Å². The van der Waals surface area contributed by atoms with Gasteiger partial charge in [-0.15, -0.1) is 0 Å². The van der Waals surface area contributed by atoms with Gasteiger partial charge in [0.2, 0.25) is 0 Å².